The van der Waals surface area contributed by atoms with E-state index in [0.29, 0.717) is 31.5 Å². The van der Waals surface area contributed by atoms with E-state index in [2.05, 4.69) is 23.4 Å². The van der Waals surface area contributed by atoms with Crippen LogP contribution in [-0.4, -0.2) is 45.0 Å². The maximum absolute atomic E-state index is 13.4. The van der Waals surface area contributed by atoms with Crippen molar-refractivity contribution in [3.63, 3.8) is 0 Å². The van der Waals surface area contributed by atoms with E-state index in [9.17, 15) is 8.42 Å². The maximum Gasteiger partial charge on any atom is 0.260 e. The van der Waals surface area contributed by atoms with E-state index in [1.165, 1.54) is 10.2 Å². The van der Waals surface area contributed by atoms with Crippen LogP contribution in [0.4, 0.5) is 0 Å². The Bertz CT molecular complexity index is 1280. The third-order valence-electron chi connectivity index (χ3n) is 6.40. The Morgan fingerprint density at radius 2 is 1.71 bits per heavy atom. The molecule has 0 saturated carbocycles. The minimum Gasteiger partial charge on any atom is -0.307 e. The molecule has 0 atom stereocenters. The molecule has 4 aromatic rings. The first-order valence-corrected chi connectivity index (χ1v) is 11.8. The summed E-state index contributed by atoms with van der Waals surface area (Å²) in [5.74, 6) is 0. The number of fused-ring (bicyclic) bond motifs is 1. The zero-order valence-electron chi connectivity index (χ0n) is 17.6. The Morgan fingerprint density at radius 3 is 2.35 bits per heavy atom. The van der Waals surface area contributed by atoms with Crippen LogP contribution in [0.5, 0.6) is 0 Å². The average molecular weight is 436 g/mol. The van der Waals surface area contributed by atoms with E-state index in [1.54, 1.807) is 24.5 Å². The van der Waals surface area contributed by atoms with Crippen molar-refractivity contribution in [1.82, 2.24) is 23.5 Å². The Kier molecular flexibility index (Phi) is 4.71. The molecule has 1 saturated heterocycles. The lowest BCUT2D eigenvalue weighted by atomic mass is 9.71. The number of imidazole rings is 1. The summed E-state index contributed by atoms with van der Waals surface area (Å²) in [7, 11) is -1.94. The standard InChI is InChI=1S/C23H25N5O2S/c1-18-16-24-26(2)22(18)31(29,30)28-14-11-23(12-15-28,19-8-4-3-5-9-19)20-17-27-13-7-6-10-21(27)25-20/h3-10,13,16-17H,11-12,14-15H2,1-2H3. The molecule has 0 unspecified atom stereocenters. The molecule has 0 aliphatic carbocycles. The molecular weight excluding hydrogens is 410 g/mol. The van der Waals surface area contributed by atoms with E-state index in [-0.39, 0.29) is 10.4 Å². The number of hydrogen-bond acceptors (Lipinski definition) is 4. The highest BCUT2D eigenvalue weighted by molar-refractivity contribution is 7.89. The van der Waals surface area contributed by atoms with Crippen molar-refractivity contribution in [2.75, 3.05) is 13.1 Å². The van der Waals surface area contributed by atoms with Crippen LogP contribution >= 0.6 is 0 Å². The normalized spacial score (nSPS) is 17.2. The van der Waals surface area contributed by atoms with Gasteiger partial charge in [-0.15, -0.1) is 0 Å². The quantitative estimate of drug-likeness (QED) is 0.494. The highest BCUT2D eigenvalue weighted by atomic mass is 32.2. The summed E-state index contributed by atoms with van der Waals surface area (Å²) in [6, 6.07) is 16.3. The number of sulfonamides is 1. The molecule has 31 heavy (non-hydrogen) atoms. The second-order valence-corrected chi connectivity index (χ2v) is 10.1. The predicted molar refractivity (Wildman–Crippen MR) is 118 cm³/mol. The van der Waals surface area contributed by atoms with Crippen molar-refractivity contribution < 1.29 is 8.42 Å². The number of aryl methyl sites for hydroxylation is 2. The molecule has 4 heterocycles. The summed E-state index contributed by atoms with van der Waals surface area (Å²) in [5, 5.41) is 4.39. The van der Waals surface area contributed by atoms with Crippen molar-refractivity contribution in [2.24, 2.45) is 7.05 Å². The summed E-state index contributed by atoms with van der Waals surface area (Å²) < 4.78 is 31.8. The number of pyridine rings is 1. The zero-order valence-corrected chi connectivity index (χ0v) is 18.5. The highest BCUT2D eigenvalue weighted by Gasteiger charge is 2.43. The van der Waals surface area contributed by atoms with Gasteiger partial charge < -0.3 is 4.40 Å². The van der Waals surface area contributed by atoms with Gasteiger partial charge in [-0.05, 0) is 37.5 Å². The van der Waals surface area contributed by atoms with Gasteiger partial charge in [0.15, 0.2) is 5.03 Å². The van der Waals surface area contributed by atoms with E-state index in [4.69, 9.17) is 4.98 Å². The van der Waals surface area contributed by atoms with Crippen molar-refractivity contribution in [3.05, 3.63) is 83.9 Å². The van der Waals surface area contributed by atoms with E-state index in [0.717, 1.165) is 11.3 Å². The van der Waals surface area contributed by atoms with Crippen LogP contribution in [0.3, 0.4) is 0 Å². The third-order valence-corrected chi connectivity index (χ3v) is 8.52. The van der Waals surface area contributed by atoms with E-state index >= 15 is 0 Å². The Labute approximate surface area is 182 Å². The first-order chi connectivity index (χ1) is 14.9. The van der Waals surface area contributed by atoms with Crippen LogP contribution in [0.2, 0.25) is 0 Å². The molecule has 0 amide bonds. The summed E-state index contributed by atoms with van der Waals surface area (Å²) in [4.78, 5) is 4.93. The van der Waals surface area contributed by atoms with Crippen LogP contribution in [0.1, 0.15) is 29.7 Å². The number of rotatable bonds is 4. The molecule has 7 nitrogen and oxygen atoms in total. The van der Waals surface area contributed by atoms with Crippen LogP contribution in [0, 0.1) is 6.92 Å². The number of hydrogen-bond donors (Lipinski definition) is 0. The first kappa shape index (κ1) is 20.0. The highest BCUT2D eigenvalue weighted by Crippen LogP contribution is 2.42. The molecule has 160 valence electrons. The Morgan fingerprint density at radius 1 is 1.00 bits per heavy atom. The molecule has 1 fully saturated rings. The number of aromatic nitrogens is 4. The van der Waals surface area contributed by atoms with E-state index in [1.807, 2.05) is 47.0 Å². The minimum atomic E-state index is -3.61. The van der Waals surface area contributed by atoms with Gasteiger partial charge in [-0.1, -0.05) is 36.4 Å². The van der Waals surface area contributed by atoms with Crippen molar-refractivity contribution >= 4 is 15.7 Å². The second-order valence-electron chi connectivity index (χ2n) is 8.20. The topological polar surface area (TPSA) is 72.5 Å². The van der Waals surface area contributed by atoms with E-state index < -0.39 is 10.0 Å². The summed E-state index contributed by atoms with van der Waals surface area (Å²) in [6.45, 7) is 2.64. The smallest absolute Gasteiger partial charge is 0.260 e. The molecule has 0 spiro atoms. The Hall–Kier alpha value is -2.97. The maximum atomic E-state index is 13.4. The number of nitrogens with zero attached hydrogens (tertiary/aromatic N) is 5. The molecule has 0 bridgehead atoms. The molecule has 5 rings (SSSR count). The molecule has 1 aliphatic rings. The van der Waals surface area contributed by atoms with Crippen molar-refractivity contribution in [1.29, 1.82) is 0 Å². The second kappa shape index (κ2) is 7.32. The SMILES string of the molecule is Cc1cnn(C)c1S(=O)(=O)N1CCC(c2ccccc2)(c2cn3ccccc3n2)CC1. The summed E-state index contributed by atoms with van der Waals surface area (Å²) in [6.07, 6.45) is 7.00. The lowest BCUT2D eigenvalue weighted by molar-refractivity contribution is 0.261. The van der Waals surface area contributed by atoms with Crippen LogP contribution in [0.25, 0.3) is 5.65 Å². The molecule has 0 N–H and O–H groups in total. The average Bonchev–Trinajstić information content (AvgIpc) is 3.37. The van der Waals surface area contributed by atoms with Crippen LogP contribution in [-0.2, 0) is 22.5 Å². The first-order valence-electron chi connectivity index (χ1n) is 10.4. The number of piperidine rings is 1. The lowest BCUT2D eigenvalue weighted by Gasteiger charge is -2.40. The van der Waals surface area contributed by atoms with Crippen molar-refractivity contribution in [3.8, 4) is 0 Å². The summed E-state index contributed by atoms with van der Waals surface area (Å²) >= 11 is 0. The fourth-order valence-corrected chi connectivity index (χ4v) is 6.50. The number of benzene rings is 1. The molecular formula is C23H25N5O2S. The van der Waals surface area contributed by atoms with Gasteiger partial charge in [0.1, 0.15) is 5.65 Å². The molecule has 8 heteroatoms. The molecule has 3 aromatic heterocycles. The molecule has 1 aliphatic heterocycles. The van der Waals surface area contributed by atoms with Gasteiger partial charge in [0.05, 0.1) is 11.9 Å². The monoisotopic (exact) mass is 435 g/mol. The van der Waals surface area contributed by atoms with Gasteiger partial charge >= 0.3 is 0 Å². The lowest BCUT2D eigenvalue weighted by Crippen LogP contribution is -2.46. The van der Waals surface area contributed by atoms with Gasteiger partial charge in [-0.2, -0.15) is 9.40 Å². The zero-order chi connectivity index (χ0) is 21.6. The van der Waals surface area contributed by atoms with Gasteiger partial charge in [-0.25, -0.2) is 13.4 Å². The summed E-state index contributed by atoms with van der Waals surface area (Å²) in [5.41, 5.74) is 3.39. The predicted octanol–water partition coefficient (Wildman–Crippen LogP) is 3.15. The van der Waals surface area contributed by atoms with Crippen molar-refractivity contribution in [2.45, 2.75) is 30.2 Å². The fraction of sp³-hybridized carbons (Fsp3) is 0.304. The molecule has 0 radical (unpaired) electrons. The fourth-order valence-electron chi connectivity index (χ4n) is 4.75. The van der Waals surface area contributed by atoms with Gasteiger partial charge in [0.25, 0.3) is 10.0 Å². The Balaban J connectivity index is 1.54. The van der Waals surface area contributed by atoms with Gasteiger partial charge in [0.2, 0.25) is 0 Å². The molecule has 1 aromatic carbocycles. The van der Waals surface area contributed by atoms with Gasteiger partial charge in [-0.3, -0.25) is 4.68 Å². The minimum absolute atomic E-state index is 0.271. The van der Waals surface area contributed by atoms with Crippen LogP contribution in [0.15, 0.2) is 72.1 Å². The van der Waals surface area contributed by atoms with Gasteiger partial charge in [0, 0.05) is 43.5 Å². The van der Waals surface area contributed by atoms with Crippen LogP contribution < -0.4 is 0 Å². The third kappa shape index (κ3) is 3.18. The largest absolute Gasteiger partial charge is 0.307 e.